The van der Waals surface area contributed by atoms with E-state index in [4.69, 9.17) is 27.9 Å². The van der Waals surface area contributed by atoms with Crippen molar-refractivity contribution < 1.29 is 9.84 Å². The molecule has 170 valence electrons. The average molecular weight is 486 g/mol. The summed E-state index contributed by atoms with van der Waals surface area (Å²) in [6, 6.07) is 14.1. The Balaban J connectivity index is 1.95. The number of halogens is 2. The van der Waals surface area contributed by atoms with Crippen LogP contribution in [0.4, 0.5) is 0 Å². The molecular formula is C24H21Cl2N3O4. The van der Waals surface area contributed by atoms with Crippen molar-refractivity contribution in [3.8, 4) is 11.5 Å². The van der Waals surface area contributed by atoms with Crippen molar-refractivity contribution in [1.82, 2.24) is 14.1 Å². The Bertz CT molecular complexity index is 1410. The van der Waals surface area contributed by atoms with Crippen LogP contribution < -0.4 is 16.0 Å². The van der Waals surface area contributed by atoms with Gasteiger partial charge in [-0.2, -0.15) is 0 Å². The van der Waals surface area contributed by atoms with E-state index >= 15 is 0 Å². The Hall–Kier alpha value is -3.13. The zero-order chi connectivity index (χ0) is 23.5. The molecule has 7 nitrogen and oxygen atoms in total. The van der Waals surface area contributed by atoms with E-state index in [-0.39, 0.29) is 30.6 Å². The second-order valence-electron chi connectivity index (χ2n) is 7.53. The van der Waals surface area contributed by atoms with E-state index in [9.17, 15) is 14.7 Å². The highest BCUT2D eigenvalue weighted by molar-refractivity contribution is 6.30. The van der Waals surface area contributed by atoms with Crippen molar-refractivity contribution in [2.75, 3.05) is 6.61 Å². The minimum absolute atomic E-state index is 0.0978. The van der Waals surface area contributed by atoms with Crippen LogP contribution in [0.2, 0.25) is 10.0 Å². The molecular weight excluding hydrogens is 465 g/mol. The average Bonchev–Trinajstić information content (AvgIpc) is 2.81. The zero-order valence-electron chi connectivity index (χ0n) is 17.8. The third-order valence-corrected chi connectivity index (χ3v) is 5.80. The molecule has 33 heavy (non-hydrogen) atoms. The number of ether oxygens (including phenoxy) is 1. The molecule has 0 unspecified atom stereocenters. The van der Waals surface area contributed by atoms with Crippen LogP contribution >= 0.6 is 23.2 Å². The minimum atomic E-state index is -0.489. The molecule has 0 atom stereocenters. The van der Waals surface area contributed by atoms with Gasteiger partial charge in [-0.05, 0) is 48.4 Å². The highest BCUT2D eigenvalue weighted by Crippen LogP contribution is 2.31. The number of aliphatic hydroxyl groups excluding tert-OH is 1. The number of benzene rings is 2. The lowest BCUT2D eigenvalue weighted by Gasteiger charge is -2.16. The number of aryl methyl sites for hydroxylation is 1. The monoisotopic (exact) mass is 485 g/mol. The molecule has 0 saturated carbocycles. The maximum absolute atomic E-state index is 13.5. The summed E-state index contributed by atoms with van der Waals surface area (Å²) in [4.78, 5) is 30.6. The fraction of sp³-hybridized carbons (Fsp3) is 0.208. The van der Waals surface area contributed by atoms with E-state index in [0.717, 1.165) is 10.1 Å². The second-order valence-corrected chi connectivity index (χ2v) is 8.41. The van der Waals surface area contributed by atoms with Crippen LogP contribution in [0, 0.1) is 0 Å². The molecule has 9 heteroatoms. The molecule has 2 aromatic carbocycles. The quantitative estimate of drug-likeness (QED) is 0.424. The first kappa shape index (κ1) is 23.0. The molecule has 0 spiro atoms. The molecule has 4 rings (SSSR count). The van der Waals surface area contributed by atoms with Gasteiger partial charge in [0.15, 0.2) is 0 Å². The van der Waals surface area contributed by atoms with Crippen LogP contribution in [0.5, 0.6) is 11.5 Å². The van der Waals surface area contributed by atoms with Gasteiger partial charge < -0.3 is 9.84 Å². The molecule has 0 amide bonds. The van der Waals surface area contributed by atoms with Crippen LogP contribution in [0.15, 0.2) is 64.3 Å². The normalized spacial score (nSPS) is 11.2. The first-order valence-electron chi connectivity index (χ1n) is 10.3. The highest BCUT2D eigenvalue weighted by Gasteiger charge is 2.20. The Morgan fingerprint density at radius 1 is 1.00 bits per heavy atom. The zero-order valence-corrected chi connectivity index (χ0v) is 19.3. The van der Waals surface area contributed by atoms with Crippen LogP contribution in [0.3, 0.4) is 0 Å². The van der Waals surface area contributed by atoms with Gasteiger partial charge >= 0.3 is 5.69 Å². The van der Waals surface area contributed by atoms with Gasteiger partial charge in [0.2, 0.25) is 0 Å². The maximum atomic E-state index is 13.5. The summed E-state index contributed by atoms with van der Waals surface area (Å²) in [5.41, 5.74) is 0.799. The largest absolute Gasteiger partial charge is 0.455 e. The predicted octanol–water partition coefficient (Wildman–Crippen LogP) is 4.17. The SMILES string of the molecule is Cn1c(=O)n(CCCO)c(=O)c2c(Cc3ccc(Cl)cc3)c(Oc3ccc(Cl)cc3)cnc21. The van der Waals surface area contributed by atoms with Gasteiger partial charge in [-0.15, -0.1) is 0 Å². The number of fused-ring (bicyclic) bond motifs is 1. The van der Waals surface area contributed by atoms with E-state index in [1.165, 1.54) is 10.8 Å². The van der Waals surface area contributed by atoms with Crippen LogP contribution in [-0.2, 0) is 20.0 Å². The molecule has 2 heterocycles. The summed E-state index contributed by atoms with van der Waals surface area (Å²) in [5, 5.41) is 10.7. The Kier molecular flexibility index (Phi) is 6.83. The summed E-state index contributed by atoms with van der Waals surface area (Å²) < 4.78 is 8.55. The first-order chi connectivity index (χ1) is 15.9. The number of pyridine rings is 1. The van der Waals surface area contributed by atoms with Gasteiger partial charge in [0.25, 0.3) is 5.56 Å². The number of aromatic nitrogens is 3. The van der Waals surface area contributed by atoms with Gasteiger partial charge in [-0.25, -0.2) is 9.78 Å². The minimum Gasteiger partial charge on any atom is -0.455 e. The summed E-state index contributed by atoms with van der Waals surface area (Å²) >= 11 is 12.0. The van der Waals surface area contributed by atoms with Crippen molar-refractivity contribution in [2.24, 2.45) is 7.05 Å². The smallest absolute Gasteiger partial charge is 0.332 e. The standard InChI is InChI=1S/C24H21Cl2N3O4/c1-28-22-21(23(31)29(24(28)32)11-2-12-30)19(13-15-3-5-16(25)6-4-15)20(14-27-22)33-18-9-7-17(26)8-10-18/h3-10,14,30H,2,11-13H2,1H3. The summed E-state index contributed by atoms with van der Waals surface area (Å²) in [7, 11) is 1.57. The third kappa shape index (κ3) is 4.80. The van der Waals surface area contributed by atoms with E-state index in [0.29, 0.717) is 33.5 Å². The number of aliphatic hydroxyl groups is 1. The van der Waals surface area contributed by atoms with Crippen molar-refractivity contribution in [2.45, 2.75) is 19.4 Å². The molecule has 0 saturated heterocycles. The van der Waals surface area contributed by atoms with Gasteiger partial charge in [0.1, 0.15) is 17.1 Å². The number of hydrogen-bond acceptors (Lipinski definition) is 5. The summed E-state index contributed by atoms with van der Waals surface area (Å²) in [6.07, 6.45) is 2.15. The number of rotatable bonds is 7. The Morgan fingerprint density at radius 3 is 2.27 bits per heavy atom. The fourth-order valence-electron chi connectivity index (χ4n) is 3.62. The molecule has 0 aliphatic heterocycles. The molecule has 0 aliphatic carbocycles. The Morgan fingerprint density at radius 2 is 1.64 bits per heavy atom. The second kappa shape index (κ2) is 9.79. The maximum Gasteiger partial charge on any atom is 0.332 e. The molecule has 0 aliphatic rings. The lowest BCUT2D eigenvalue weighted by molar-refractivity contribution is 0.277. The van der Waals surface area contributed by atoms with Crippen molar-refractivity contribution in [3.63, 3.8) is 0 Å². The molecule has 0 bridgehead atoms. The van der Waals surface area contributed by atoms with Gasteiger partial charge in [-0.1, -0.05) is 35.3 Å². The highest BCUT2D eigenvalue weighted by atomic mass is 35.5. The van der Waals surface area contributed by atoms with Crippen LogP contribution in [0.1, 0.15) is 17.5 Å². The van der Waals surface area contributed by atoms with E-state index in [1.807, 2.05) is 12.1 Å². The van der Waals surface area contributed by atoms with E-state index < -0.39 is 11.2 Å². The van der Waals surface area contributed by atoms with Crippen LogP contribution in [0.25, 0.3) is 11.0 Å². The lowest BCUT2D eigenvalue weighted by Crippen LogP contribution is -2.40. The van der Waals surface area contributed by atoms with Gasteiger partial charge in [0.05, 0.1) is 11.6 Å². The Labute approximate surface area is 199 Å². The topological polar surface area (TPSA) is 86.3 Å². The number of hydrogen-bond donors (Lipinski definition) is 1. The predicted molar refractivity (Wildman–Crippen MR) is 129 cm³/mol. The third-order valence-electron chi connectivity index (χ3n) is 5.30. The van der Waals surface area contributed by atoms with Crippen molar-refractivity contribution in [3.05, 3.63) is 96.7 Å². The summed E-state index contributed by atoms with van der Waals surface area (Å²) in [5.74, 6) is 0.924. The number of nitrogens with zero attached hydrogens (tertiary/aromatic N) is 3. The van der Waals surface area contributed by atoms with E-state index in [2.05, 4.69) is 4.98 Å². The molecule has 0 fully saturated rings. The van der Waals surface area contributed by atoms with Gasteiger partial charge in [-0.3, -0.25) is 13.9 Å². The molecule has 1 N–H and O–H groups in total. The molecule has 4 aromatic rings. The first-order valence-corrected chi connectivity index (χ1v) is 11.0. The van der Waals surface area contributed by atoms with Crippen molar-refractivity contribution >= 4 is 34.2 Å². The van der Waals surface area contributed by atoms with Crippen LogP contribution in [-0.4, -0.2) is 25.8 Å². The summed E-state index contributed by atoms with van der Waals surface area (Å²) in [6.45, 7) is -0.0379. The molecule has 0 radical (unpaired) electrons. The van der Waals surface area contributed by atoms with E-state index in [1.54, 1.807) is 43.4 Å². The molecule has 2 aromatic heterocycles. The van der Waals surface area contributed by atoms with Crippen molar-refractivity contribution in [1.29, 1.82) is 0 Å². The fourth-order valence-corrected chi connectivity index (χ4v) is 3.87. The van der Waals surface area contributed by atoms with Gasteiger partial charge in [0, 0.05) is 42.2 Å². The lowest BCUT2D eigenvalue weighted by atomic mass is 10.0.